The minimum absolute atomic E-state index is 0.228. The average molecular weight is 654 g/mol. The fraction of sp³-hybridized carbons (Fsp3) is 0.543. The topological polar surface area (TPSA) is 114 Å². The van der Waals surface area contributed by atoms with Crippen molar-refractivity contribution in [3.8, 4) is 0 Å². The molecule has 2 aliphatic heterocycles. The SMILES string of the molecule is CCOC(=O)[C@@H](CCCC1CCN(C(=O)OCc2ccccc2)CC1)N[C@H]1CSc2ccccc2N(CC(=O)OC(C)(C)C)C1=O. The van der Waals surface area contributed by atoms with Crippen molar-refractivity contribution >= 4 is 41.4 Å². The highest BCUT2D eigenvalue weighted by molar-refractivity contribution is 7.99. The van der Waals surface area contributed by atoms with E-state index in [0.717, 1.165) is 36.1 Å². The third-order valence-corrected chi connectivity index (χ3v) is 9.15. The quantitative estimate of drug-likeness (QED) is 0.232. The van der Waals surface area contributed by atoms with Crippen molar-refractivity contribution in [2.45, 2.75) is 89.0 Å². The van der Waals surface area contributed by atoms with Crippen LogP contribution in [0.2, 0.25) is 0 Å². The summed E-state index contributed by atoms with van der Waals surface area (Å²) in [6.45, 7) is 8.68. The van der Waals surface area contributed by atoms with Gasteiger partial charge in [0.2, 0.25) is 5.91 Å². The summed E-state index contributed by atoms with van der Waals surface area (Å²) in [5.41, 5.74) is 0.922. The molecule has 2 atom stereocenters. The van der Waals surface area contributed by atoms with Gasteiger partial charge in [-0.25, -0.2) is 4.79 Å². The minimum Gasteiger partial charge on any atom is -0.465 e. The lowest BCUT2D eigenvalue weighted by molar-refractivity contribution is -0.154. The van der Waals surface area contributed by atoms with Crippen molar-refractivity contribution in [3.63, 3.8) is 0 Å². The number of fused-ring (bicyclic) bond motifs is 1. The molecule has 0 aromatic heterocycles. The molecular formula is C35H47N3O7S. The number of para-hydroxylation sites is 1. The molecule has 11 heteroatoms. The number of anilines is 1. The van der Waals surface area contributed by atoms with Crippen LogP contribution in [0.1, 0.15) is 65.4 Å². The van der Waals surface area contributed by atoms with Crippen LogP contribution in [0, 0.1) is 5.92 Å². The number of nitrogens with zero attached hydrogens (tertiary/aromatic N) is 2. The van der Waals surface area contributed by atoms with E-state index in [0.29, 0.717) is 36.9 Å². The van der Waals surface area contributed by atoms with Gasteiger partial charge in [-0.15, -0.1) is 11.8 Å². The van der Waals surface area contributed by atoms with Crippen LogP contribution in [0.3, 0.4) is 0 Å². The van der Waals surface area contributed by atoms with Gasteiger partial charge in [0.25, 0.3) is 0 Å². The summed E-state index contributed by atoms with van der Waals surface area (Å²) in [6, 6.07) is 15.7. The highest BCUT2D eigenvalue weighted by Gasteiger charge is 2.36. The van der Waals surface area contributed by atoms with E-state index >= 15 is 0 Å². The second kappa shape index (κ2) is 16.8. The Morgan fingerprint density at radius 3 is 2.39 bits per heavy atom. The molecular weight excluding hydrogens is 606 g/mol. The van der Waals surface area contributed by atoms with E-state index in [1.165, 1.54) is 16.7 Å². The molecule has 4 rings (SSSR count). The number of rotatable bonds is 12. The first-order valence-electron chi connectivity index (χ1n) is 16.2. The van der Waals surface area contributed by atoms with E-state index in [4.69, 9.17) is 14.2 Å². The predicted octanol–water partition coefficient (Wildman–Crippen LogP) is 5.58. The molecule has 1 saturated heterocycles. The summed E-state index contributed by atoms with van der Waals surface area (Å²) in [7, 11) is 0. The van der Waals surface area contributed by atoms with Crippen LogP contribution in [0.5, 0.6) is 0 Å². The predicted molar refractivity (Wildman–Crippen MR) is 177 cm³/mol. The third kappa shape index (κ3) is 10.5. The van der Waals surface area contributed by atoms with Gasteiger partial charge in [-0.3, -0.25) is 24.6 Å². The van der Waals surface area contributed by atoms with Crippen LogP contribution in [-0.4, -0.2) is 78.5 Å². The van der Waals surface area contributed by atoms with Gasteiger partial charge in [-0.1, -0.05) is 55.3 Å². The average Bonchev–Trinajstić information content (AvgIpc) is 3.15. The number of ether oxygens (including phenoxy) is 3. The van der Waals surface area contributed by atoms with Crippen molar-refractivity contribution in [2.75, 3.05) is 36.9 Å². The summed E-state index contributed by atoms with van der Waals surface area (Å²) < 4.78 is 16.4. The van der Waals surface area contributed by atoms with Gasteiger partial charge in [0.15, 0.2) is 0 Å². The fourth-order valence-corrected chi connectivity index (χ4v) is 6.81. The molecule has 2 aromatic rings. The zero-order valence-electron chi connectivity index (χ0n) is 27.4. The lowest BCUT2D eigenvalue weighted by atomic mass is 9.91. The summed E-state index contributed by atoms with van der Waals surface area (Å²) in [5.74, 6) is -0.357. The number of carbonyl (C=O) groups excluding carboxylic acids is 4. The number of esters is 2. The number of thioether (sulfide) groups is 1. The zero-order chi connectivity index (χ0) is 33.1. The summed E-state index contributed by atoms with van der Waals surface area (Å²) >= 11 is 1.51. The van der Waals surface area contributed by atoms with Crippen molar-refractivity contribution in [1.82, 2.24) is 10.2 Å². The molecule has 0 saturated carbocycles. The van der Waals surface area contributed by atoms with E-state index < -0.39 is 29.6 Å². The normalized spacial score (nSPS) is 17.9. The molecule has 1 N–H and O–H groups in total. The van der Waals surface area contributed by atoms with E-state index in [-0.39, 0.29) is 31.8 Å². The first-order chi connectivity index (χ1) is 22.0. The van der Waals surface area contributed by atoms with Crippen molar-refractivity contribution in [3.05, 3.63) is 60.2 Å². The van der Waals surface area contributed by atoms with Gasteiger partial charge in [0, 0.05) is 23.7 Å². The summed E-state index contributed by atoms with van der Waals surface area (Å²) in [4.78, 5) is 56.4. The highest BCUT2D eigenvalue weighted by Crippen LogP contribution is 2.34. The Balaban J connectivity index is 1.32. The molecule has 1 fully saturated rings. The number of hydrogen-bond acceptors (Lipinski definition) is 9. The molecule has 2 heterocycles. The minimum atomic E-state index is -0.709. The van der Waals surface area contributed by atoms with Crippen LogP contribution in [0.15, 0.2) is 59.5 Å². The molecule has 2 amide bonds. The van der Waals surface area contributed by atoms with Gasteiger partial charge >= 0.3 is 18.0 Å². The maximum absolute atomic E-state index is 13.9. The van der Waals surface area contributed by atoms with Gasteiger partial charge in [0.05, 0.1) is 18.3 Å². The Bertz CT molecular complexity index is 1320. The first-order valence-corrected chi connectivity index (χ1v) is 17.2. The van der Waals surface area contributed by atoms with Gasteiger partial charge in [-0.2, -0.15) is 0 Å². The fourth-order valence-electron chi connectivity index (χ4n) is 5.72. The van der Waals surface area contributed by atoms with E-state index in [2.05, 4.69) is 5.32 Å². The number of carbonyl (C=O) groups is 4. The van der Waals surface area contributed by atoms with Crippen LogP contribution < -0.4 is 10.2 Å². The smallest absolute Gasteiger partial charge is 0.410 e. The standard InChI is InChI=1S/C35H47N3O7S/c1-5-43-33(41)27(15-11-14-25-18-20-37(21-19-25)34(42)44-23-26-12-7-6-8-13-26)36-28-24-46-30-17-10-9-16-29(30)38(32(28)40)22-31(39)45-35(2,3)4/h6-10,12-13,16-17,25,27-28,36H,5,11,14-15,18-24H2,1-4H3/t27-,28+/m1/s1. The van der Waals surface area contributed by atoms with Crippen LogP contribution in [-0.2, 0) is 35.2 Å². The maximum atomic E-state index is 13.9. The van der Waals surface area contributed by atoms with Crippen molar-refractivity contribution in [2.24, 2.45) is 5.92 Å². The molecule has 0 radical (unpaired) electrons. The molecule has 250 valence electrons. The van der Waals surface area contributed by atoms with Gasteiger partial charge in [-0.05, 0) is 70.6 Å². The summed E-state index contributed by atoms with van der Waals surface area (Å²) in [6.07, 6.45) is 3.61. The molecule has 0 unspecified atom stereocenters. The van der Waals surface area contributed by atoms with Crippen molar-refractivity contribution in [1.29, 1.82) is 0 Å². The van der Waals surface area contributed by atoms with E-state index in [9.17, 15) is 19.2 Å². The molecule has 0 aliphatic carbocycles. The second-order valence-corrected chi connectivity index (χ2v) is 13.8. The number of piperidine rings is 1. The molecule has 2 aliphatic rings. The second-order valence-electron chi connectivity index (χ2n) is 12.7. The van der Waals surface area contributed by atoms with E-state index in [1.54, 1.807) is 32.6 Å². The largest absolute Gasteiger partial charge is 0.465 e. The number of hydrogen-bond donors (Lipinski definition) is 1. The maximum Gasteiger partial charge on any atom is 0.410 e. The Morgan fingerprint density at radius 1 is 1.00 bits per heavy atom. The number of amides is 2. The Morgan fingerprint density at radius 2 is 1.70 bits per heavy atom. The Hall–Kier alpha value is -3.57. The molecule has 0 spiro atoms. The molecule has 2 aromatic carbocycles. The van der Waals surface area contributed by atoms with Crippen LogP contribution in [0.25, 0.3) is 0 Å². The third-order valence-electron chi connectivity index (χ3n) is 7.99. The highest BCUT2D eigenvalue weighted by atomic mass is 32.2. The lowest BCUT2D eigenvalue weighted by Gasteiger charge is -2.32. The lowest BCUT2D eigenvalue weighted by Crippen LogP contribution is -2.54. The van der Waals surface area contributed by atoms with Crippen molar-refractivity contribution < 1.29 is 33.4 Å². The molecule has 10 nitrogen and oxygen atoms in total. The van der Waals surface area contributed by atoms with Gasteiger partial charge in [0.1, 0.15) is 24.8 Å². The Kier molecular flexibility index (Phi) is 12.9. The number of nitrogens with one attached hydrogen (secondary N) is 1. The first kappa shape index (κ1) is 35.3. The monoisotopic (exact) mass is 653 g/mol. The summed E-state index contributed by atoms with van der Waals surface area (Å²) in [5, 5.41) is 3.30. The van der Waals surface area contributed by atoms with Crippen LogP contribution >= 0.6 is 11.8 Å². The van der Waals surface area contributed by atoms with Gasteiger partial charge < -0.3 is 19.1 Å². The zero-order valence-corrected chi connectivity index (χ0v) is 28.2. The molecule has 46 heavy (non-hydrogen) atoms. The van der Waals surface area contributed by atoms with E-state index in [1.807, 2.05) is 54.6 Å². The van der Waals surface area contributed by atoms with Crippen LogP contribution in [0.4, 0.5) is 10.5 Å². The number of likely N-dealkylation sites (tertiary alicyclic amines) is 1. The number of benzene rings is 2. The molecule has 0 bridgehead atoms. The Labute approximate surface area is 276 Å².